The quantitative estimate of drug-likeness (QED) is 0.727. The van der Waals surface area contributed by atoms with Crippen molar-refractivity contribution >= 4 is 17.6 Å². The van der Waals surface area contributed by atoms with E-state index in [-0.39, 0.29) is 11.9 Å². The minimum atomic E-state index is -0.335. The number of carbonyl (C=O) groups excluding carboxylic acids is 1. The third-order valence-electron chi connectivity index (χ3n) is 2.32. The summed E-state index contributed by atoms with van der Waals surface area (Å²) in [6.07, 6.45) is 0. The molecule has 1 aromatic carbocycles. The van der Waals surface area contributed by atoms with Gasteiger partial charge in [0.05, 0.1) is 6.61 Å². The summed E-state index contributed by atoms with van der Waals surface area (Å²) in [7, 11) is 0. The van der Waals surface area contributed by atoms with Crippen LogP contribution in [0, 0.1) is 0 Å². The normalized spacial score (nSPS) is 18.1. The molecule has 1 aliphatic heterocycles. The number of hydrogen-bond acceptors (Lipinski definition) is 3. The first kappa shape index (κ1) is 10.3. The van der Waals surface area contributed by atoms with Crippen molar-refractivity contribution in [2.24, 2.45) is 0 Å². The molecule has 4 heteroatoms. The fourth-order valence-electron chi connectivity index (χ4n) is 1.62. The Morgan fingerprint density at radius 3 is 3.20 bits per heavy atom. The summed E-state index contributed by atoms with van der Waals surface area (Å²) in [5, 5.41) is 0.605. The van der Waals surface area contributed by atoms with E-state index in [1.807, 2.05) is 0 Å². The summed E-state index contributed by atoms with van der Waals surface area (Å²) in [5.74, 6) is 0.134. The number of hydrogen-bond donors (Lipinski definition) is 0. The Kier molecular flexibility index (Phi) is 2.82. The third-order valence-corrected chi connectivity index (χ3v) is 2.56. The lowest BCUT2D eigenvalue weighted by atomic mass is 10.0. The van der Waals surface area contributed by atoms with Crippen LogP contribution in [0.25, 0.3) is 0 Å². The van der Waals surface area contributed by atoms with E-state index in [1.54, 1.807) is 25.1 Å². The molecule has 0 N–H and O–H groups in total. The van der Waals surface area contributed by atoms with Crippen molar-refractivity contribution in [3.05, 3.63) is 28.8 Å². The summed E-state index contributed by atoms with van der Waals surface area (Å²) in [6, 6.07) is 5.27. The lowest BCUT2D eigenvalue weighted by Crippen LogP contribution is -2.17. The molecule has 0 fully saturated rings. The monoisotopic (exact) mass is 226 g/mol. The number of ether oxygens (including phenoxy) is 2. The minimum Gasteiger partial charge on any atom is -0.492 e. The second-order valence-electron chi connectivity index (χ2n) is 3.30. The van der Waals surface area contributed by atoms with Gasteiger partial charge in [0, 0.05) is 10.6 Å². The van der Waals surface area contributed by atoms with E-state index in [0.29, 0.717) is 18.2 Å². The molecule has 0 amide bonds. The fourth-order valence-corrected chi connectivity index (χ4v) is 1.80. The van der Waals surface area contributed by atoms with Crippen LogP contribution >= 0.6 is 11.6 Å². The average Bonchev–Trinajstić information content (AvgIpc) is 2.60. The van der Waals surface area contributed by atoms with Crippen LogP contribution in [0.15, 0.2) is 18.2 Å². The highest BCUT2D eigenvalue weighted by Crippen LogP contribution is 2.36. The minimum absolute atomic E-state index is 0.251. The molecule has 1 aliphatic rings. The van der Waals surface area contributed by atoms with Gasteiger partial charge in [-0.3, -0.25) is 4.79 Å². The van der Waals surface area contributed by atoms with Gasteiger partial charge in [-0.05, 0) is 25.1 Å². The molecule has 1 atom stereocenters. The number of carbonyl (C=O) groups is 1. The van der Waals surface area contributed by atoms with Crippen LogP contribution in [-0.2, 0) is 9.53 Å². The number of esters is 1. The maximum Gasteiger partial charge on any atom is 0.317 e. The van der Waals surface area contributed by atoms with Crippen LogP contribution in [-0.4, -0.2) is 19.2 Å². The molecule has 2 rings (SSSR count). The second kappa shape index (κ2) is 4.11. The van der Waals surface area contributed by atoms with E-state index in [2.05, 4.69) is 0 Å². The van der Waals surface area contributed by atoms with E-state index in [1.165, 1.54) is 0 Å². The Hall–Kier alpha value is -1.22. The molecular formula is C11H11ClO3. The van der Waals surface area contributed by atoms with Crippen LogP contribution in [0.4, 0.5) is 0 Å². The highest BCUT2D eigenvalue weighted by molar-refractivity contribution is 6.30. The third kappa shape index (κ3) is 1.92. The largest absolute Gasteiger partial charge is 0.492 e. The zero-order valence-corrected chi connectivity index (χ0v) is 9.08. The zero-order chi connectivity index (χ0) is 10.8. The molecule has 0 aliphatic carbocycles. The SMILES string of the molecule is CCOC(=O)[C@@H]1COc2ccc(Cl)cc21. The summed E-state index contributed by atoms with van der Waals surface area (Å²) in [5.41, 5.74) is 0.820. The van der Waals surface area contributed by atoms with Gasteiger partial charge in [-0.25, -0.2) is 0 Å². The van der Waals surface area contributed by atoms with E-state index >= 15 is 0 Å². The molecule has 0 radical (unpaired) electrons. The smallest absolute Gasteiger partial charge is 0.317 e. The summed E-state index contributed by atoms with van der Waals surface area (Å²) < 4.78 is 10.3. The first-order valence-electron chi connectivity index (χ1n) is 4.81. The van der Waals surface area contributed by atoms with Gasteiger partial charge in [-0.2, -0.15) is 0 Å². The molecule has 0 unspecified atom stereocenters. The fraction of sp³-hybridized carbons (Fsp3) is 0.364. The highest BCUT2D eigenvalue weighted by Gasteiger charge is 2.31. The van der Waals surface area contributed by atoms with Gasteiger partial charge in [0.1, 0.15) is 18.3 Å². The van der Waals surface area contributed by atoms with Crippen LogP contribution in [0.1, 0.15) is 18.4 Å². The molecule has 80 valence electrons. The molecule has 0 bridgehead atoms. The maximum atomic E-state index is 11.6. The van der Waals surface area contributed by atoms with Crippen molar-refractivity contribution in [3.8, 4) is 5.75 Å². The van der Waals surface area contributed by atoms with E-state index in [9.17, 15) is 4.79 Å². The van der Waals surface area contributed by atoms with E-state index in [4.69, 9.17) is 21.1 Å². The van der Waals surface area contributed by atoms with Gasteiger partial charge >= 0.3 is 5.97 Å². The summed E-state index contributed by atoms with van der Waals surface area (Å²) >= 11 is 5.86. The Balaban J connectivity index is 2.27. The van der Waals surface area contributed by atoms with Crippen LogP contribution in [0.5, 0.6) is 5.75 Å². The molecule has 15 heavy (non-hydrogen) atoms. The molecule has 0 saturated carbocycles. The Morgan fingerprint density at radius 1 is 1.67 bits per heavy atom. The summed E-state index contributed by atoms with van der Waals surface area (Å²) in [4.78, 5) is 11.6. The predicted octanol–water partition coefficient (Wildman–Crippen LogP) is 2.38. The van der Waals surface area contributed by atoms with Crippen molar-refractivity contribution in [1.82, 2.24) is 0 Å². The van der Waals surface area contributed by atoms with Crippen molar-refractivity contribution in [3.63, 3.8) is 0 Å². The summed E-state index contributed by atoms with van der Waals surface area (Å²) in [6.45, 7) is 2.51. The number of rotatable bonds is 2. The lowest BCUT2D eigenvalue weighted by Gasteiger charge is -2.07. The van der Waals surface area contributed by atoms with Gasteiger partial charge in [0.25, 0.3) is 0 Å². The van der Waals surface area contributed by atoms with Gasteiger partial charge in [0.15, 0.2) is 0 Å². The molecule has 0 saturated heterocycles. The highest BCUT2D eigenvalue weighted by atomic mass is 35.5. The van der Waals surface area contributed by atoms with Crippen LogP contribution < -0.4 is 4.74 Å². The van der Waals surface area contributed by atoms with E-state index in [0.717, 1.165) is 11.3 Å². The standard InChI is InChI=1S/C11H11ClO3/c1-2-14-11(13)9-6-15-10-4-3-7(12)5-8(9)10/h3-5,9H,2,6H2,1H3/t9-/m1/s1. The van der Waals surface area contributed by atoms with Gasteiger partial charge in [-0.15, -0.1) is 0 Å². The molecular weight excluding hydrogens is 216 g/mol. The molecule has 0 aromatic heterocycles. The molecule has 1 aromatic rings. The van der Waals surface area contributed by atoms with Gasteiger partial charge in [-0.1, -0.05) is 11.6 Å². The van der Waals surface area contributed by atoms with Crippen molar-refractivity contribution < 1.29 is 14.3 Å². The van der Waals surface area contributed by atoms with Crippen LogP contribution in [0.3, 0.4) is 0 Å². The number of benzene rings is 1. The molecule has 3 nitrogen and oxygen atoms in total. The second-order valence-corrected chi connectivity index (χ2v) is 3.73. The topological polar surface area (TPSA) is 35.5 Å². The number of fused-ring (bicyclic) bond motifs is 1. The molecule has 1 heterocycles. The molecule has 0 spiro atoms. The Labute approximate surface area is 92.9 Å². The van der Waals surface area contributed by atoms with Crippen LogP contribution in [0.2, 0.25) is 5.02 Å². The van der Waals surface area contributed by atoms with Crippen molar-refractivity contribution in [1.29, 1.82) is 0 Å². The van der Waals surface area contributed by atoms with E-state index < -0.39 is 0 Å². The van der Waals surface area contributed by atoms with Crippen molar-refractivity contribution in [2.45, 2.75) is 12.8 Å². The number of halogens is 1. The van der Waals surface area contributed by atoms with Gasteiger partial charge < -0.3 is 9.47 Å². The first-order chi connectivity index (χ1) is 7.22. The lowest BCUT2D eigenvalue weighted by molar-refractivity contribution is -0.145. The predicted molar refractivity (Wildman–Crippen MR) is 56.3 cm³/mol. The average molecular weight is 227 g/mol. The van der Waals surface area contributed by atoms with Gasteiger partial charge in [0.2, 0.25) is 0 Å². The zero-order valence-electron chi connectivity index (χ0n) is 8.33. The maximum absolute atomic E-state index is 11.6. The van der Waals surface area contributed by atoms with Crippen molar-refractivity contribution in [2.75, 3.05) is 13.2 Å². The Morgan fingerprint density at radius 2 is 2.47 bits per heavy atom. The Bertz CT molecular complexity index is 389. The first-order valence-corrected chi connectivity index (χ1v) is 5.19.